The summed E-state index contributed by atoms with van der Waals surface area (Å²) in [6, 6.07) is 10.2. The summed E-state index contributed by atoms with van der Waals surface area (Å²) in [7, 11) is 0. The van der Waals surface area contributed by atoms with E-state index in [-0.39, 0.29) is 5.91 Å². The van der Waals surface area contributed by atoms with Crippen molar-refractivity contribution in [2.24, 2.45) is 0 Å². The molecule has 3 aromatic rings. The van der Waals surface area contributed by atoms with Crippen LogP contribution in [0.1, 0.15) is 40.6 Å². The van der Waals surface area contributed by atoms with Gasteiger partial charge in [-0.05, 0) is 57.0 Å². The van der Waals surface area contributed by atoms with E-state index in [2.05, 4.69) is 39.1 Å². The maximum absolute atomic E-state index is 12.9. The number of carbonyl (C=O) groups is 1. The number of piperidine rings is 1. The van der Waals surface area contributed by atoms with Gasteiger partial charge >= 0.3 is 0 Å². The summed E-state index contributed by atoms with van der Waals surface area (Å²) >= 11 is 0. The van der Waals surface area contributed by atoms with Crippen LogP contribution in [-0.2, 0) is 0 Å². The number of likely N-dealkylation sites (tertiary alicyclic amines) is 1. The molecular weight excluding hydrogens is 312 g/mol. The van der Waals surface area contributed by atoms with Gasteiger partial charge < -0.3 is 9.47 Å². The van der Waals surface area contributed by atoms with Crippen molar-refractivity contribution in [3.63, 3.8) is 0 Å². The fourth-order valence-corrected chi connectivity index (χ4v) is 3.50. The number of hydrogen-bond acceptors (Lipinski definition) is 3. The molecule has 1 aromatic carbocycles. The monoisotopic (exact) mass is 334 g/mol. The Labute approximate surface area is 147 Å². The molecule has 1 aliphatic rings. The van der Waals surface area contributed by atoms with E-state index in [4.69, 9.17) is 0 Å². The number of aryl methyl sites for hydroxylation is 2. The Balaban J connectivity index is 1.51. The molecule has 1 saturated heterocycles. The lowest BCUT2D eigenvalue weighted by atomic mass is 10.0. The van der Waals surface area contributed by atoms with E-state index in [1.807, 2.05) is 36.9 Å². The number of benzene rings is 1. The van der Waals surface area contributed by atoms with Gasteiger partial charge in [-0.3, -0.25) is 4.79 Å². The van der Waals surface area contributed by atoms with Gasteiger partial charge in [0.05, 0.1) is 22.4 Å². The molecule has 0 atom stereocenters. The third kappa shape index (κ3) is 3.02. The molecule has 128 valence electrons. The largest absolute Gasteiger partial charge is 0.351 e. The van der Waals surface area contributed by atoms with E-state index in [1.165, 1.54) is 0 Å². The third-order valence-electron chi connectivity index (χ3n) is 5.12. The topological polar surface area (TPSA) is 51.0 Å². The highest BCUT2D eigenvalue weighted by atomic mass is 16.2. The standard InChI is InChI=1S/C20H22N4O/c1-14-15(2)22-19-13-16(5-6-18(19)21-14)20(25)24-11-7-17(8-12-24)23-9-3-4-10-23/h3-6,9-10,13,17H,7-8,11-12H2,1-2H3. The highest BCUT2D eigenvalue weighted by Crippen LogP contribution is 2.24. The van der Waals surface area contributed by atoms with E-state index in [9.17, 15) is 4.79 Å². The van der Waals surface area contributed by atoms with Crippen LogP contribution in [0.15, 0.2) is 42.7 Å². The van der Waals surface area contributed by atoms with E-state index in [1.54, 1.807) is 0 Å². The van der Waals surface area contributed by atoms with E-state index < -0.39 is 0 Å². The molecule has 25 heavy (non-hydrogen) atoms. The molecule has 3 heterocycles. The first-order chi connectivity index (χ1) is 12.1. The van der Waals surface area contributed by atoms with Gasteiger partial charge in [-0.15, -0.1) is 0 Å². The average Bonchev–Trinajstić information content (AvgIpc) is 3.16. The van der Waals surface area contributed by atoms with E-state index in [0.29, 0.717) is 11.6 Å². The predicted molar refractivity (Wildman–Crippen MR) is 97.6 cm³/mol. The van der Waals surface area contributed by atoms with Crippen LogP contribution in [0, 0.1) is 13.8 Å². The molecule has 0 saturated carbocycles. The molecule has 0 spiro atoms. The Kier molecular flexibility index (Phi) is 3.99. The summed E-state index contributed by atoms with van der Waals surface area (Å²) in [5, 5.41) is 0. The SMILES string of the molecule is Cc1nc2ccc(C(=O)N3CCC(n4cccc4)CC3)cc2nc1C. The number of nitrogens with zero attached hydrogens (tertiary/aromatic N) is 4. The number of hydrogen-bond donors (Lipinski definition) is 0. The molecule has 5 heteroatoms. The summed E-state index contributed by atoms with van der Waals surface area (Å²) in [6.45, 7) is 5.48. The molecule has 0 unspecified atom stereocenters. The Morgan fingerprint density at radius 3 is 2.32 bits per heavy atom. The van der Waals surface area contributed by atoms with Gasteiger partial charge in [0.1, 0.15) is 0 Å². The number of amides is 1. The van der Waals surface area contributed by atoms with Gasteiger partial charge in [0.15, 0.2) is 0 Å². The zero-order valence-corrected chi connectivity index (χ0v) is 14.6. The highest BCUT2D eigenvalue weighted by molar-refractivity contribution is 5.97. The summed E-state index contributed by atoms with van der Waals surface area (Å²) in [5.41, 5.74) is 4.16. The molecule has 1 fully saturated rings. The van der Waals surface area contributed by atoms with Gasteiger partial charge in [-0.1, -0.05) is 0 Å². The number of rotatable bonds is 2. The van der Waals surface area contributed by atoms with Gasteiger partial charge in [0, 0.05) is 37.1 Å². The van der Waals surface area contributed by atoms with Crippen LogP contribution < -0.4 is 0 Å². The highest BCUT2D eigenvalue weighted by Gasteiger charge is 2.24. The Morgan fingerprint density at radius 2 is 1.64 bits per heavy atom. The first kappa shape index (κ1) is 15.8. The lowest BCUT2D eigenvalue weighted by molar-refractivity contribution is 0.0695. The summed E-state index contributed by atoms with van der Waals surface area (Å²) in [4.78, 5) is 23.9. The normalized spacial score (nSPS) is 15.7. The van der Waals surface area contributed by atoms with Crippen molar-refractivity contribution in [1.82, 2.24) is 19.4 Å². The van der Waals surface area contributed by atoms with Crippen molar-refractivity contribution in [3.8, 4) is 0 Å². The van der Waals surface area contributed by atoms with Crippen LogP contribution in [-0.4, -0.2) is 38.4 Å². The first-order valence-corrected chi connectivity index (χ1v) is 8.78. The van der Waals surface area contributed by atoms with E-state index >= 15 is 0 Å². The first-order valence-electron chi connectivity index (χ1n) is 8.78. The molecule has 1 aliphatic heterocycles. The molecule has 1 amide bonds. The number of aromatic nitrogens is 3. The predicted octanol–water partition coefficient (Wildman–Crippen LogP) is 3.53. The minimum Gasteiger partial charge on any atom is -0.351 e. The van der Waals surface area contributed by atoms with Crippen LogP contribution >= 0.6 is 0 Å². The molecule has 0 bridgehead atoms. The van der Waals surface area contributed by atoms with Crippen LogP contribution in [0.4, 0.5) is 0 Å². The van der Waals surface area contributed by atoms with Crippen molar-refractivity contribution >= 4 is 16.9 Å². The Bertz CT molecular complexity index is 909. The quantitative estimate of drug-likeness (QED) is 0.720. The maximum Gasteiger partial charge on any atom is 0.253 e. The lowest BCUT2D eigenvalue weighted by Crippen LogP contribution is -2.38. The summed E-state index contributed by atoms with van der Waals surface area (Å²) < 4.78 is 2.25. The second kappa shape index (κ2) is 6.31. The second-order valence-electron chi connectivity index (χ2n) is 6.75. The molecule has 0 N–H and O–H groups in total. The van der Waals surface area contributed by atoms with Gasteiger partial charge in [0.25, 0.3) is 5.91 Å². The maximum atomic E-state index is 12.9. The van der Waals surface area contributed by atoms with Crippen molar-refractivity contribution in [2.45, 2.75) is 32.7 Å². The fourth-order valence-electron chi connectivity index (χ4n) is 3.50. The molecule has 2 aromatic heterocycles. The molecule has 0 radical (unpaired) electrons. The van der Waals surface area contributed by atoms with Crippen LogP contribution in [0.5, 0.6) is 0 Å². The minimum absolute atomic E-state index is 0.0906. The summed E-state index contributed by atoms with van der Waals surface area (Å²) in [6.07, 6.45) is 6.20. The smallest absolute Gasteiger partial charge is 0.253 e. The van der Waals surface area contributed by atoms with Gasteiger partial charge in [-0.2, -0.15) is 0 Å². The number of fused-ring (bicyclic) bond motifs is 1. The van der Waals surface area contributed by atoms with Crippen molar-refractivity contribution in [2.75, 3.05) is 13.1 Å². The third-order valence-corrected chi connectivity index (χ3v) is 5.12. The van der Waals surface area contributed by atoms with E-state index in [0.717, 1.165) is 48.4 Å². The van der Waals surface area contributed by atoms with Crippen LogP contribution in [0.25, 0.3) is 11.0 Å². The molecule has 0 aliphatic carbocycles. The zero-order valence-electron chi connectivity index (χ0n) is 14.6. The molecular formula is C20H22N4O. The molecule has 5 nitrogen and oxygen atoms in total. The van der Waals surface area contributed by atoms with Crippen LogP contribution in [0.2, 0.25) is 0 Å². The van der Waals surface area contributed by atoms with Crippen LogP contribution in [0.3, 0.4) is 0 Å². The van der Waals surface area contributed by atoms with Gasteiger partial charge in [0.2, 0.25) is 0 Å². The Hall–Kier alpha value is -2.69. The fraction of sp³-hybridized carbons (Fsp3) is 0.350. The van der Waals surface area contributed by atoms with Crippen molar-refractivity contribution < 1.29 is 4.79 Å². The second-order valence-corrected chi connectivity index (χ2v) is 6.75. The summed E-state index contributed by atoms with van der Waals surface area (Å²) in [5.74, 6) is 0.0906. The Morgan fingerprint density at radius 1 is 1.00 bits per heavy atom. The number of carbonyl (C=O) groups excluding carboxylic acids is 1. The minimum atomic E-state index is 0.0906. The lowest BCUT2D eigenvalue weighted by Gasteiger charge is -2.32. The van der Waals surface area contributed by atoms with Crippen molar-refractivity contribution in [1.29, 1.82) is 0 Å². The van der Waals surface area contributed by atoms with Gasteiger partial charge in [-0.25, -0.2) is 9.97 Å². The molecule has 4 rings (SSSR count). The van der Waals surface area contributed by atoms with Crippen molar-refractivity contribution in [3.05, 3.63) is 59.7 Å². The zero-order chi connectivity index (χ0) is 17.4. The average molecular weight is 334 g/mol.